The molecule has 15 heavy (non-hydrogen) atoms. The summed E-state index contributed by atoms with van der Waals surface area (Å²) in [6, 6.07) is 3.60. The average molecular weight is 228 g/mol. The van der Waals surface area contributed by atoms with Crippen LogP contribution < -0.4 is 4.90 Å². The fourth-order valence-electron chi connectivity index (χ4n) is 1.87. The van der Waals surface area contributed by atoms with E-state index in [1.165, 1.54) is 0 Å². The first kappa shape index (κ1) is 10.6. The highest BCUT2D eigenvalue weighted by molar-refractivity contribution is 6.29. The molecule has 1 aliphatic heterocycles. The first-order valence-corrected chi connectivity index (χ1v) is 5.47. The summed E-state index contributed by atoms with van der Waals surface area (Å²) in [5, 5.41) is 17.7. The largest absolute Gasteiger partial charge is 0.393 e. The van der Waals surface area contributed by atoms with Crippen LogP contribution in [0.3, 0.4) is 0 Å². The molecule has 0 saturated carbocycles. The van der Waals surface area contributed by atoms with E-state index < -0.39 is 0 Å². The summed E-state index contributed by atoms with van der Waals surface area (Å²) in [4.78, 5) is 2.13. The normalized spacial score (nSPS) is 23.1. The van der Waals surface area contributed by atoms with E-state index in [0.29, 0.717) is 11.1 Å². The van der Waals surface area contributed by atoms with Crippen LogP contribution in [0.2, 0.25) is 5.15 Å². The summed E-state index contributed by atoms with van der Waals surface area (Å²) in [6.07, 6.45) is 0.748. The molecule has 0 amide bonds. The third kappa shape index (κ3) is 2.38. The molecule has 82 valence electrons. The van der Waals surface area contributed by atoms with E-state index in [1.807, 2.05) is 13.0 Å². The molecule has 2 rings (SSSR count). The first-order chi connectivity index (χ1) is 7.16. The van der Waals surface area contributed by atoms with E-state index in [4.69, 9.17) is 11.6 Å². The lowest BCUT2D eigenvalue weighted by atomic mass is 10.0. The van der Waals surface area contributed by atoms with Crippen LogP contribution in [-0.4, -0.2) is 34.5 Å². The topological polar surface area (TPSA) is 49.2 Å². The van der Waals surface area contributed by atoms with Crippen LogP contribution in [0.25, 0.3) is 0 Å². The van der Waals surface area contributed by atoms with Crippen LogP contribution in [0.15, 0.2) is 12.1 Å². The molecule has 0 spiro atoms. The van der Waals surface area contributed by atoms with Gasteiger partial charge in [-0.2, -0.15) is 0 Å². The fourth-order valence-corrected chi connectivity index (χ4v) is 1.97. The number of anilines is 1. The lowest BCUT2D eigenvalue weighted by Crippen LogP contribution is -2.24. The number of rotatable bonds is 2. The van der Waals surface area contributed by atoms with Gasteiger partial charge in [0.2, 0.25) is 0 Å². The highest BCUT2D eigenvalue weighted by atomic mass is 35.5. The molecule has 1 aromatic rings. The second kappa shape index (κ2) is 4.33. The number of aliphatic hydroxyl groups is 1. The highest BCUT2D eigenvalue weighted by Gasteiger charge is 2.26. The number of hydrogen-bond donors (Lipinski definition) is 1. The Hall–Kier alpha value is -0.870. The Morgan fingerprint density at radius 1 is 1.53 bits per heavy atom. The fraction of sp³-hybridized carbons (Fsp3) is 0.600. The van der Waals surface area contributed by atoms with Gasteiger partial charge in [0.05, 0.1) is 6.10 Å². The van der Waals surface area contributed by atoms with E-state index in [-0.39, 0.29) is 6.10 Å². The third-order valence-electron chi connectivity index (χ3n) is 2.85. The summed E-state index contributed by atoms with van der Waals surface area (Å²) < 4.78 is 0. The standard InChI is InChI=1S/C10H14ClN3O/c1-7(15)8-4-5-14(6-8)10-3-2-9(11)12-13-10/h2-3,7-8,15H,4-6H2,1H3. The van der Waals surface area contributed by atoms with Crippen LogP contribution in [0.1, 0.15) is 13.3 Å². The lowest BCUT2D eigenvalue weighted by molar-refractivity contribution is 0.136. The van der Waals surface area contributed by atoms with Gasteiger partial charge in [0.25, 0.3) is 0 Å². The van der Waals surface area contributed by atoms with Crippen molar-refractivity contribution in [2.45, 2.75) is 19.4 Å². The Bertz CT molecular complexity index is 328. The van der Waals surface area contributed by atoms with Crippen LogP contribution in [-0.2, 0) is 0 Å². The zero-order chi connectivity index (χ0) is 10.8. The Morgan fingerprint density at radius 2 is 2.33 bits per heavy atom. The predicted molar refractivity (Wildman–Crippen MR) is 59.0 cm³/mol. The second-order valence-corrected chi connectivity index (χ2v) is 4.34. The molecule has 5 heteroatoms. The summed E-state index contributed by atoms with van der Waals surface area (Å²) in [7, 11) is 0. The van der Waals surface area contributed by atoms with Crippen molar-refractivity contribution >= 4 is 17.4 Å². The third-order valence-corrected chi connectivity index (χ3v) is 3.05. The van der Waals surface area contributed by atoms with Crippen molar-refractivity contribution in [2.24, 2.45) is 5.92 Å². The maximum Gasteiger partial charge on any atom is 0.151 e. The van der Waals surface area contributed by atoms with Gasteiger partial charge in [0, 0.05) is 19.0 Å². The first-order valence-electron chi connectivity index (χ1n) is 5.09. The lowest BCUT2D eigenvalue weighted by Gasteiger charge is -2.17. The number of hydrogen-bond acceptors (Lipinski definition) is 4. The van der Waals surface area contributed by atoms with Crippen molar-refractivity contribution in [3.8, 4) is 0 Å². The minimum atomic E-state index is -0.254. The minimum absolute atomic E-state index is 0.254. The Kier molecular flexibility index (Phi) is 3.07. The Morgan fingerprint density at radius 3 is 2.87 bits per heavy atom. The molecule has 2 unspecified atom stereocenters. The second-order valence-electron chi connectivity index (χ2n) is 3.95. The van der Waals surface area contributed by atoms with E-state index in [2.05, 4.69) is 15.1 Å². The Labute approximate surface area is 93.9 Å². The molecule has 1 N–H and O–H groups in total. The van der Waals surface area contributed by atoms with Crippen LogP contribution in [0.5, 0.6) is 0 Å². The van der Waals surface area contributed by atoms with Crippen molar-refractivity contribution in [2.75, 3.05) is 18.0 Å². The van der Waals surface area contributed by atoms with Gasteiger partial charge in [-0.15, -0.1) is 10.2 Å². The molecule has 4 nitrogen and oxygen atoms in total. The van der Waals surface area contributed by atoms with Crippen molar-refractivity contribution in [3.05, 3.63) is 17.3 Å². The van der Waals surface area contributed by atoms with Crippen LogP contribution in [0, 0.1) is 5.92 Å². The number of nitrogens with zero attached hydrogens (tertiary/aromatic N) is 3. The average Bonchev–Trinajstić information content (AvgIpc) is 2.68. The van der Waals surface area contributed by atoms with Gasteiger partial charge in [-0.05, 0) is 25.5 Å². The van der Waals surface area contributed by atoms with Gasteiger partial charge in [-0.25, -0.2) is 0 Å². The molecule has 1 saturated heterocycles. The molecule has 1 fully saturated rings. The monoisotopic (exact) mass is 227 g/mol. The summed E-state index contributed by atoms with van der Waals surface area (Å²) >= 11 is 5.67. The maximum atomic E-state index is 9.48. The molecule has 2 heterocycles. The van der Waals surface area contributed by atoms with E-state index in [0.717, 1.165) is 25.3 Å². The number of aliphatic hydroxyl groups excluding tert-OH is 1. The molecule has 0 aliphatic carbocycles. The van der Waals surface area contributed by atoms with Gasteiger partial charge in [0.15, 0.2) is 11.0 Å². The summed E-state index contributed by atoms with van der Waals surface area (Å²) in [5.74, 6) is 1.17. The van der Waals surface area contributed by atoms with E-state index in [1.54, 1.807) is 6.07 Å². The Balaban J connectivity index is 2.04. The van der Waals surface area contributed by atoms with Crippen molar-refractivity contribution < 1.29 is 5.11 Å². The highest BCUT2D eigenvalue weighted by Crippen LogP contribution is 2.24. The minimum Gasteiger partial charge on any atom is -0.393 e. The zero-order valence-electron chi connectivity index (χ0n) is 8.60. The van der Waals surface area contributed by atoms with Gasteiger partial charge in [0.1, 0.15) is 0 Å². The SMILES string of the molecule is CC(O)C1CCN(c2ccc(Cl)nn2)C1. The van der Waals surface area contributed by atoms with E-state index in [9.17, 15) is 5.11 Å². The van der Waals surface area contributed by atoms with Crippen LogP contribution >= 0.6 is 11.6 Å². The van der Waals surface area contributed by atoms with Gasteiger partial charge < -0.3 is 10.0 Å². The maximum absolute atomic E-state index is 9.48. The van der Waals surface area contributed by atoms with E-state index >= 15 is 0 Å². The molecule has 0 bridgehead atoms. The quantitative estimate of drug-likeness (QED) is 0.829. The predicted octanol–water partition coefficient (Wildman–Crippen LogP) is 1.34. The number of aromatic nitrogens is 2. The molecule has 0 radical (unpaired) electrons. The van der Waals surface area contributed by atoms with Crippen molar-refractivity contribution in [1.82, 2.24) is 10.2 Å². The molecule has 0 aromatic carbocycles. The van der Waals surface area contributed by atoms with Gasteiger partial charge >= 0.3 is 0 Å². The molecule has 2 atom stereocenters. The molecule has 1 aromatic heterocycles. The number of halogens is 1. The van der Waals surface area contributed by atoms with Crippen LogP contribution in [0.4, 0.5) is 5.82 Å². The smallest absolute Gasteiger partial charge is 0.151 e. The van der Waals surface area contributed by atoms with Crippen molar-refractivity contribution in [3.63, 3.8) is 0 Å². The molecular formula is C10H14ClN3O. The summed E-state index contributed by atoms with van der Waals surface area (Å²) in [5.41, 5.74) is 0. The molecule has 1 aliphatic rings. The molecular weight excluding hydrogens is 214 g/mol. The van der Waals surface area contributed by atoms with Gasteiger partial charge in [-0.3, -0.25) is 0 Å². The van der Waals surface area contributed by atoms with Crippen molar-refractivity contribution in [1.29, 1.82) is 0 Å². The zero-order valence-corrected chi connectivity index (χ0v) is 9.35. The van der Waals surface area contributed by atoms with Gasteiger partial charge in [-0.1, -0.05) is 11.6 Å². The summed E-state index contributed by atoms with van der Waals surface area (Å²) in [6.45, 7) is 3.60.